The highest BCUT2D eigenvalue weighted by Gasteiger charge is 2.60. The molecule has 16 heterocycles. The fourth-order valence-corrected chi connectivity index (χ4v) is 25.0. The first-order valence-corrected chi connectivity index (χ1v) is 52.3. The van der Waals surface area contributed by atoms with Gasteiger partial charge in [-0.25, -0.2) is 77.5 Å². The number of nitrogen functional groups attached to an aromatic ring is 4. The Kier molecular flexibility index (Phi) is 31.2. The van der Waals surface area contributed by atoms with Gasteiger partial charge in [0.2, 0.25) is 0 Å². The molecule has 138 heavy (non-hydrogen) atoms. The number of imidazole rings is 3. The van der Waals surface area contributed by atoms with Crippen molar-refractivity contribution in [1.82, 2.24) is 87.2 Å². The van der Waals surface area contributed by atoms with E-state index < -0.39 is 271 Å². The zero-order valence-electron chi connectivity index (χ0n) is 72.7. The monoisotopic (exact) mass is 2110 g/mol. The van der Waals surface area contributed by atoms with Gasteiger partial charge in [-0.15, -0.1) is 0 Å². The minimum atomic E-state index is -5.89. The zero-order valence-corrected chi connectivity index (χ0v) is 79.7. The summed E-state index contributed by atoms with van der Waals surface area (Å²) in [5.41, 5.74) is 18.8. The molecule has 0 aromatic carbocycles. The summed E-state index contributed by atoms with van der Waals surface area (Å²) in [5.74, 6) is -0.352. The van der Waals surface area contributed by atoms with E-state index in [2.05, 4.69) is 49.8 Å². The predicted octanol–water partition coefficient (Wildman–Crippen LogP) is -2.85. The Morgan fingerprint density at radius 3 is 1.08 bits per heavy atom. The van der Waals surface area contributed by atoms with Crippen molar-refractivity contribution in [2.24, 2.45) is 0 Å². The molecule has 7 saturated heterocycles. The lowest BCUT2D eigenvalue weighted by molar-refractivity contribution is -0.0675. The Balaban J connectivity index is 0.642. The standard InChI is InChI=1S/C68H92N22O40P6S2/c1-28-42(48(107-2)63(119-28)88-25-79-39-54(70)73-22-76-57(39)88)126-132(98,99)114-17-30-44(50(109-4)60(120-30)86-13-9-37(92)83-67(86)95)127-133(100,101)115-18-31-45(51(110-5)61(121-31)87-14-10-38(93)84-68(87)96)128-134(102,103)116-19-32-46(52(111-6)65(123-32)90-27-81-41-56(72)75-24-78-59(41)90)129-135(104,105)117-20-33-47(53(112-7)62(122-33)85-12-8-36(69)82-66(85)94)130-136(106,138)118-21-34-43(125-131(97,137)35-11-15-113-29(35)16-91)49(108-3)64(124-34)89-26-80-40-55(71)74-23-77-58(40)89/h8-10,12-14,22-35,42-53,60-65,91H,11,15-21H2,1-7H3,(H,97,137)(H,98,99)(H,100,101)(H,102,103)(H,104,105)(H,106,138)(H2,69,82,94)(H2,70,73,76)(H2,71,74,77)(H2,72,75,78)(H,83,92,95)(H,84,93,96)/t28-,29+,30-,31-,32-,33-,34-,35+,42?,43?,44?,45?,46?,47?,48+,49+,50+,51+,52+,53+,60-,61-,62-,63-,64-,65-,131?,136?/m1/s1. The van der Waals surface area contributed by atoms with Gasteiger partial charge in [0.15, 0.2) is 78.3 Å². The van der Waals surface area contributed by atoms with Crippen LogP contribution in [0.1, 0.15) is 50.7 Å². The Morgan fingerprint density at radius 2 is 0.725 bits per heavy atom. The van der Waals surface area contributed by atoms with Crippen molar-refractivity contribution in [3.8, 4) is 0 Å². The van der Waals surface area contributed by atoms with E-state index in [1.807, 2.05) is 9.97 Å². The average molecular weight is 2110 g/mol. The molecule has 7 aliphatic rings. The largest absolute Gasteiger partial charge is 0.472 e. The Morgan fingerprint density at radius 1 is 0.406 bits per heavy atom. The number of rotatable bonds is 41. The SMILES string of the molecule is CO[C@H]1C(OP(O)(=S)OC[C@H]2O[C@@H](n3cnc4c(N)ncnc43)[C@@H](OC)C2OP(O)(=S)[C@H]2CCO[C@H]2CO)[C@@H](COP(=O)(O)OC2[C@@H](COP(=O)(O)OC3[C@@H](COP(=O)(O)OC4[C@@H](COP(=O)(O)OC5[C@@H](C)O[C@@H](n6cnc7c(N)ncnc76)[C@H]5OC)O[C@@H](n5ccc(=O)[nH]c5=O)[C@H]4OC)O[C@@H](n4ccc(=O)[nH]c4=O)[C@H]3OC)O[C@@H](n3cnc4c(N)ncnc43)[C@H]2OC)O[C@H]1n1ccc(N)nc1=O. The number of nitrogens with two attached hydrogens (primary N) is 4. The second-order valence-corrected chi connectivity index (χ2v) is 43.3. The molecule has 7 aliphatic heterocycles. The Labute approximate surface area is 783 Å². The van der Waals surface area contributed by atoms with Gasteiger partial charge < -0.3 is 128 Å². The number of phosphoric ester groups is 4. The van der Waals surface area contributed by atoms with Crippen LogP contribution in [0.25, 0.3) is 33.5 Å². The molecule has 0 spiro atoms. The third-order valence-electron chi connectivity index (χ3n) is 23.2. The number of ether oxygens (including phenoxy) is 13. The van der Waals surface area contributed by atoms with Crippen molar-refractivity contribution in [2.75, 3.05) is 112 Å². The number of hydrogen-bond acceptors (Lipinski definition) is 50. The zero-order chi connectivity index (χ0) is 98.7. The number of aromatic amines is 2. The van der Waals surface area contributed by atoms with Gasteiger partial charge in [0.1, 0.15) is 145 Å². The minimum absolute atomic E-state index is 0.0000624. The number of nitrogens with zero attached hydrogens (tertiary/aromatic N) is 16. The van der Waals surface area contributed by atoms with E-state index in [-0.39, 0.29) is 69.8 Å². The van der Waals surface area contributed by atoms with Crippen LogP contribution >= 0.6 is 44.5 Å². The Hall–Kier alpha value is -7.93. The first kappa shape index (κ1) is 103. The van der Waals surface area contributed by atoms with Crippen LogP contribution in [0.5, 0.6) is 0 Å². The van der Waals surface area contributed by atoms with Gasteiger partial charge in [-0.2, -0.15) is 4.98 Å². The summed E-state index contributed by atoms with van der Waals surface area (Å²) >= 11 is 11.4. The van der Waals surface area contributed by atoms with Crippen molar-refractivity contribution in [3.63, 3.8) is 0 Å². The van der Waals surface area contributed by atoms with E-state index in [9.17, 15) is 72.1 Å². The second-order valence-electron chi connectivity index (χ2n) is 31.3. The fraction of sp³-hybridized carbons (Fsp3) is 0.603. The molecule has 756 valence electrons. The first-order valence-electron chi connectivity index (χ1n) is 41.0. The van der Waals surface area contributed by atoms with Crippen LogP contribution in [0.15, 0.2) is 98.7 Å². The topological polar surface area (TPSA) is 811 Å². The van der Waals surface area contributed by atoms with Crippen LogP contribution in [0, 0.1) is 0 Å². The van der Waals surface area contributed by atoms with E-state index in [1.54, 1.807) is 0 Å². The van der Waals surface area contributed by atoms with E-state index in [0.717, 1.165) is 85.5 Å². The number of aromatic nitrogens is 18. The van der Waals surface area contributed by atoms with Crippen molar-refractivity contribution in [3.05, 3.63) is 127 Å². The minimum Gasteiger partial charge on any atom is -0.394 e. The molecule has 0 saturated carbocycles. The molecule has 7 fully saturated rings. The van der Waals surface area contributed by atoms with Crippen LogP contribution in [0.4, 0.5) is 23.3 Å². The highest BCUT2D eigenvalue weighted by molar-refractivity contribution is 8.09. The molecule has 62 nitrogen and oxygen atoms in total. The van der Waals surface area contributed by atoms with Crippen LogP contribution in [0.3, 0.4) is 0 Å². The molecule has 32 atom stereocenters. The molecule has 9 aromatic rings. The average Bonchev–Trinajstić information content (AvgIpc) is 1.62. The number of hydrogen-bond donors (Lipinski definition) is 13. The normalized spacial score (nSPS) is 32.7. The lowest BCUT2D eigenvalue weighted by Gasteiger charge is -2.32. The molecule has 0 bridgehead atoms. The number of methoxy groups -OCH3 is 6. The molecule has 0 aliphatic carbocycles. The maximum Gasteiger partial charge on any atom is 0.472 e. The quantitative estimate of drug-likeness (QED) is 0.0172. The van der Waals surface area contributed by atoms with E-state index in [1.165, 1.54) is 66.2 Å². The molecular formula is C68H92N22O40P6S2. The summed E-state index contributed by atoms with van der Waals surface area (Å²) in [6, 6.07) is 2.98. The van der Waals surface area contributed by atoms with Crippen LogP contribution in [0.2, 0.25) is 0 Å². The third-order valence-corrected chi connectivity index (χ3v) is 31.7. The number of anilines is 4. The third kappa shape index (κ3) is 21.5. The molecule has 9 aromatic heterocycles. The second kappa shape index (κ2) is 41.8. The van der Waals surface area contributed by atoms with Crippen molar-refractivity contribution < 1.29 is 164 Å². The first-order chi connectivity index (χ1) is 65.6. The van der Waals surface area contributed by atoms with E-state index >= 15 is 4.57 Å². The van der Waals surface area contributed by atoms with Gasteiger partial charge in [0, 0.05) is 80.0 Å². The summed E-state index contributed by atoms with van der Waals surface area (Å²) < 4.78 is 207. The number of phosphoric acid groups is 4. The van der Waals surface area contributed by atoms with Crippen molar-refractivity contribution >= 4 is 125 Å². The molecule has 16 rings (SSSR count). The van der Waals surface area contributed by atoms with Crippen molar-refractivity contribution in [2.45, 2.75) is 172 Å². The number of fused-ring (bicyclic) bond motifs is 3. The summed E-state index contributed by atoms with van der Waals surface area (Å²) in [5, 5.41) is 10.2. The highest BCUT2D eigenvalue weighted by atomic mass is 32.5. The summed E-state index contributed by atoms with van der Waals surface area (Å²) in [7, 11) is -16.1. The van der Waals surface area contributed by atoms with E-state index in [0.29, 0.717) is 0 Å². The van der Waals surface area contributed by atoms with Gasteiger partial charge in [-0.1, -0.05) is 0 Å². The van der Waals surface area contributed by atoms with Crippen molar-refractivity contribution in [1.29, 1.82) is 0 Å². The predicted molar refractivity (Wildman–Crippen MR) is 465 cm³/mol. The summed E-state index contributed by atoms with van der Waals surface area (Å²) in [4.78, 5) is 183. The molecule has 17 N–H and O–H groups in total. The number of aliphatic hydroxyl groups is 1. The molecule has 70 heteroatoms. The number of H-pyrrole nitrogens is 2. The maximum absolute atomic E-state index is 15.0. The van der Waals surface area contributed by atoms with E-state index in [4.69, 9.17) is 158 Å². The van der Waals surface area contributed by atoms with Gasteiger partial charge in [0.25, 0.3) is 11.1 Å². The summed E-state index contributed by atoms with van der Waals surface area (Å²) in [6.07, 6.45) is -29.8. The molecule has 12 unspecified atom stereocenters. The van der Waals surface area contributed by atoms with Gasteiger partial charge >= 0.3 is 55.1 Å². The maximum atomic E-state index is 15.0. The molecule has 0 radical (unpaired) electrons. The van der Waals surface area contributed by atoms with Gasteiger partial charge in [0.05, 0.1) is 76.5 Å². The van der Waals surface area contributed by atoms with Crippen LogP contribution in [-0.4, -0.2) is 332 Å². The van der Waals surface area contributed by atoms with Gasteiger partial charge in [-0.05, 0) is 43.0 Å². The lowest BCUT2D eigenvalue weighted by Crippen LogP contribution is -2.41. The highest BCUT2D eigenvalue weighted by Crippen LogP contribution is 2.60. The number of nitrogens with one attached hydrogen (secondary N) is 2. The Bertz CT molecular complexity index is 6550. The molecular weight excluding hydrogens is 2010 g/mol. The lowest BCUT2D eigenvalue weighted by atomic mass is 10.1. The smallest absolute Gasteiger partial charge is 0.394 e. The molecule has 0 amide bonds. The number of aliphatic hydroxyl groups excluding tert-OH is 1. The summed E-state index contributed by atoms with van der Waals surface area (Å²) in [6.45, 7) is -13.4. The van der Waals surface area contributed by atoms with Crippen LogP contribution in [-0.2, 0) is 153 Å². The van der Waals surface area contributed by atoms with Crippen LogP contribution < -0.4 is 51.1 Å². The fourth-order valence-electron chi connectivity index (χ4n) is 16.9. The van der Waals surface area contributed by atoms with Gasteiger partial charge in [-0.3, -0.25) is 87.7 Å².